The van der Waals surface area contributed by atoms with E-state index in [2.05, 4.69) is 30.5 Å². The van der Waals surface area contributed by atoms with Crippen LogP contribution in [0, 0.1) is 6.92 Å². The Balaban J connectivity index is 1.54. The van der Waals surface area contributed by atoms with E-state index in [4.69, 9.17) is 0 Å². The van der Waals surface area contributed by atoms with Crippen molar-refractivity contribution >= 4 is 22.5 Å². The molecule has 0 aliphatic rings. The zero-order valence-corrected chi connectivity index (χ0v) is 17.7. The Hall–Kier alpha value is -4.43. The highest BCUT2D eigenvalue weighted by molar-refractivity contribution is 6.01. The number of rotatable bonds is 5. The van der Waals surface area contributed by atoms with Crippen LogP contribution in [0.15, 0.2) is 85.6 Å². The summed E-state index contributed by atoms with van der Waals surface area (Å²) in [6.45, 7) is 1.83. The first-order chi connectivity index (χ1) is 16.1. The largest absolute Gasteiger partial charge is 0.369 e. The van der Waals surface area contributed by atoms with Crippen LogP contribution in [-0.4, -0.2) is 36.2 Å². The molecule has 0 radical (unpaired) electrons. The molecule has 5 rings (SSSR count). The van der Waals surface area contributed by atoms with Gasteiger partial charge in [0.2, 0.25) is 5.60 Å². The van der Waals surface area contributed by atoms with Crippen molar-refractivity contribution in [2.75, 3.05) is 5.32 Å². The summed E-state index contributed by atoms with van der Waals surface area (Å²) >= 11 is 0. The summed E-state index contributed by atoms with van der Waals surface area (Å²) in [5, 5.41) is 23.6. The fraction of sp³-hybridized carbons (Fsp3) is 0.0800. The number of hydrogen-bond acceptors (Lipinski definition) is 6. The number of nitrogens with zero attached hydrogens (tertiary/aromatic N) is 4. The zero-order chi connectivity index (χ0) is 22.8. The number of carbonyl (C=O) groups is 1. The zero-order valence-electron chi connectivity index (χ0n) is 17.7. The van der Waals surface area contributed by atoms with E-state index in [9.17, 15) is 9.90 Å². The van der Waals surface area contributed by atoms with Crippen molar-refractivity contribution in [3.05, 3.63) is 103 Å². The molecule has 162 valence electrons. The molecule has 0 fully saturated rings. The molecule has 0 bridgehead atoms. The average Bonchev–Trinajstić information content (AvgIpc) is 3.39. The van der Waals surface area contributed by atoms with Crippen LogP contribution >= 0.6 is 0 Å². The number of aromatic amines is 1. The number of fused-ring (bicyclic) bond motifs is 1. The molecule has 0 unspecified atom stereocenters. The molecule has 3 heterocycles. The summed E-state index contributed by atoms with van der Waals surface area (Å²) < 4.78 is 0. The van der Waals surface area contributed by atoms with E-state index >= 15 is 0 Å². The smallest absolute Gasteiger partial charge is 0.269 e. The summed E-state index contributed by atoms with van der Waals surface area (Å²) in [7, 11) is 0. The third kappa shape index (κ3) is 3.62. The first kappa shape index (κ1) is 20.5. The van der Waals surface area contributed by atoms with E-state index in [1.165, 1.54) is 12.4 Å². The molecule has 8 heteroatoms. The van der Waals surface area contributed by atoms with Gasteiger partial charge in [0.15, 0.2) is 5.82 Å². The van der Waals surface area contributed by atoms with Gasteiger partial charge in [-0.25, -0.2) is 4.98 Å². The molecule has 8 nitrogen and oxygen atoms in total. The van der Waals surface area contributed by atoms with Gasteiger partial charge in [-0.15, -0.1) is 0 Å². The highest BCUT2D eigenvalue weighted by Gasteiger charge is 2.43. The highest BCUT2D eigenvalue weighted by Crippen LogP contribution is 2.32. The number of benzene rings is 2. The Labute approximate surface area is 189 Å². The maximum Gasteiger partial charge on any atom is 0.269 e. The summed E-state index contributed by atoms with van der Waals surface area (Å²) in [5.74, 6) is -0.522. The SMILES string of the molecule is Cc1ccccc1[C@@](O)(C(=O)Nc1cncc(-c2cnnc3ccccc23)c1)c1ncc[nH]1. The van der Waals surface area contributed by atoms with Crippen LogP contribution in [0.3, 0.4) is 0 Å². The monoisotopic (exact) mass is 436 g/mol. The second-order valence-corrected chi connectivity index (χ2v) is 7.65. The predicted octanol–water partition coefficient (Wildman–Crippen LogP) is 3.60. The van der Waals surface area contributed by atoms with Gasteiger partial charge in [-0.2, -0.15) is 10.2 Å². The van der Waals surface area contributed by atoms with E-state index in [0.29, 0.717) is 11.3 Å². The van der Waals surface area contributed by atoms with Crippen molar-refractivity contribution in [2.45, 2.75) is 12.5 Å². The molecule has 3 N–H and O–H groups in total. The molecule has 5 aromatic rings. The summed E-state index contributed by atoms with van der Waals surface area (Å²) in [5.41, 5.74) is 1.96. The van der Waals surface area contributed by atoms with Crippen molar-refractivity contribution in [2.24, 2.45) is 0 Å². The van der Waals surface area contributed by atoms with Crippen LogP contribution in [0.1, 0.15) is 17.0 Å². The van der Waals surface area contributed by atoms with Crippen LogP contribution in [-0.2, 0) is 10.4 Å². The van der Waals surface area contributed by atoms with Crippen molar-refractivity contribution in [1.82, 2.24) is 25.1 Å². The van der Waals surface area contributed by atoms with Crippen LogP contribution < -0.4 is 5.32 Å². The lowest BCUT2D eigenvalue weighted by Crippen LogP contribution is -2.43. The Morgan fingerprint density at radius 1 is 1.06 bits per heavy atom. The van der Waals surface area contributed by atoms with Gasteiger partial charge in [-0.05, 0) is 24.6 Å². The van der Waals surface area contributed by atoms with E-state index in [1.807, 2.05) is 43.3 Å². The average molecular weight is 436 g/mol. The molecule has 2 aromatic carbocycles. The third-order valence-corrected chi connectivity index (χ3v) is 5.56. The maximum atomic E-state index is 13.5. The fourth-order valence-corrected chi connectivity index (χ4v) is 3.91. The van der Waals surface area contributed by atoms with Gasteiger partial charge in [-0.3, -0.25) is 9.78 Å². The van der Waals surface area contributed by atoms with Crippen molar-refractivity contribution < 1.29 is 9.90 Å². The number of anilines is 1. The first-order valence-corrected chi connectivity index (χ1v) is 10.3. The minimum Gasteiger partial charge on any atom is -0.369 e. The summed E-state index contributed by atoms with van der Waals surface area (Å²) in [4.78, 5) is 24.8. The Kier molecular flexibility index (Phi) is 5.12. The number of H-pyrrole nitrogens is 1. The molecule has 3 aromatic heterocycles. The van der Waals surface area contributed by atoms with Gasteiger partial charge in [0.25, 0.3) is 5.91 Å². The second-order valence-electron chi connectivity index (χ2n) is 7.65. The fourth-order valence-electron chi connectivity index (χ4n) is 3.91. The lowest BCUT2D eigenvalue weighted by Gasteiger charge is -2.27. The number of pyridine rings is 1. The molecule has 0 aliphatic carbocycles. The predicted molar refractivity (Wildman–Crippen MR) is 124 cm³/mol. The maximum absolute atomic E-state index is 13.5. The van der Waals surface area contributed by atoms with Gasteiger partial charge in [0.05, 0.1) is 23.6 Å². The Morgan fingerprint density at radius 3 is 2.70 bits per heavy atom. The normalized spacial score (nSPS) is 12.9. The number of nitrogens with one attached hydrogen (secondary N) is 2. The van der Waals surface area contributed by atoms with E-state index in [0.717, 1.165) is 27.6 Å². The summed E-state index contributed by atoms with van der Waals surface area (Å²) in [6.07, 6.45) is 7.94. The number of hydrogen-bond donors (Lipinski definition) is 3. The lowest BCUT2D eigenvalue weighted by atomic mass is 9.88. The standard InChI is InChI=1S/C25H20N6O2/c1-16-6-2-4-8-21(16)25(33,23-27-10-11-28-23)24(32)30-18-12-17(13-26-14-18)20-15-29-31-22-9-5-3-7-19(20)22/h2-15,33H,1H3,(H,27,28)(H,30,32)/t25-/m0/s1. The van der Waals surface area contributed by atoms with Gasteiger partial charge in [-0.1, -0.05) is 42.5 Å². The molecular formula is C25H20N6O2. The number of amides is 1. The van der Waals surface area contributed by atoms with Gasteiger partial charge >= 0.3 is 0 Å². The molecule has 33 heavy (non-hydrogen) atoms. The molecule has 0 spiro atoms. The summed E-state index contributed by atoms with van der Waals surface area (Å²) in [6, 6.07) is 16.6. The first-order valence-electron chi connectivity index (χ1n) is 10.3. The molecule has 0 aliphatic heterocycles. The highest BCUT2D eigenvalue weighted by atomic mass is 16.3. The van der Waals surface area contributed by atoms with Crippen LogP contribution in [0.4, 0.5) is 5.69 Å². The minimum atomic E-state index is -2.02. The van der Waals surface area contributed by atoms with Gasteiger partial charge < -0.3 is 15.4 Å². The number of carbonyl (C=O) groups excluding carboxylic acids is 1. The van der Waals surface area contributed by atoms with E-state index in [1.54, 1.807) is 36.8 Å². The topological polar surface area (TPSA) is 117 Å². The molecular weight excluding hydrogens is 416 g/mol. The van der Waals surface area contributed by atoms with Gasteiger partial charge in [0.1, 0.15) is 0 Å². The van der Waals surface area contributed by atoms with Crippen molar-refractivity contribution in [3.63, 3.8) is 0 Å². The number of aliphatic hydroxyl groups is 1. The third-order valence-electron chi connectivity index (χ3n) is 5.56. The van der Waals surface area contributed by atoms with Crippen molar-refractivity contribution in [1.29, 1.82) is 0 Å². The van der Waals surface area contributed by atoms with Crippen LogP contribution in [0.2, 0.25) is 0 Å². The molecule has 0 saturated heterocycles. The van der Waals surface area contributed by atoms with Gasteiger partial charge in [0, 0.05) is 40.7 Å². The van der Waals surface area contributed by atoms with E-state index < -0.39 is 11.5 Å². The second kappa shape index (κ2) is 8.25. The Bertz CT molecular complexity index is 1450. The lowest BCUT2D eigenvalue weighted by molar-refractivity contribution is -0.131. The van der Waals surface area contributed by atoms with Crippen LogP contribution in [0.5, 0.6) is 0 Å². The molecule has 0 saturated carbocycles. The quantitative estimate of drug-likeness (QED) is 0.388. The number of aromatic nitrogens is 5. The van der Waals surface area contributed by atoms with Crippen LogP contribution in [0.25, 0.3) is 22.0 Å². The number of imidazole rings is 1. The molecule has 1 amide bonds. The minimum absolute atomic E-state index is 0.128. The Morgan fingerprint density at radius 2 is 1.88 bits per heavy atom. The number of aryl methyl sites for hydroxylation is 1. The van der Waals surface area contributed by atoms with Crippen molar-refractivity contribution in [3.8, 4) is 11.1 Å². The van der Waals surface area contributed by atoms with E-state index in [-0.39, 0.29) is 5.82 Å². The molecule has 1 atom stereocenters.